The van der Waals surface area contributed by atoms with E-state index >= 15 is 0 Å². The van der Waals surface area contributed by atoms with Gasteiger partial charge in [0.15, 0.2) is 0 Å². The van der Waals surface area contributed by atoms with Crippen LogP contribution >= 0.6 is 0 Å². The Kier molecular flexibility index (Phi) is 3.86. The summed E-state index contributed by atoms with van der Waals surface area (Å²) >= 11 is 0. The van der Waals surface area contributed by atoms with E-state index in [-0.39, 0.29) is 12.4 Å². The lowest BCUT2D eigenvalue weighted by atomic mass is 10.1. The topological polar surface area (TPSA) is 35.2 Å². The molecule has 0 saturated carbocycles. The summed E-state index contributed by atoms with van der Waals surface area (Å²) < 4.78 is 18.6. The van der Waals surface area contributed by atoms with Gasteiger partial charge in [-0.2, -0.15) is 0 Å². The molecule has 0 aromatic heterocycles. The van der Waals surface area contributed by atoms with Crippen molar-refractivity contribution in [3.05, 3.63) is 35.1 Å². The molecule has 0 aliphatic heterocycles. The van der Waals surface area contributed by atoms with Gasteiger partial charge >= 0.3 is 0 Å². The minimum Gasteiger partial charge on any atom is -0.377 e. The molecule has 0 radical (unpaired) electrons. The lowest BCUT2D eigenvalue weighted by Gasteiger charge is -2.06. The van der Waals surface area contributed by atoms with Crippen molar-refractivity contribution < 1.29 is 9.13 Å². The van der Waals surface area contributed by atoms with Gasteiger partial charge in [0.1, 0.15) is 5.82 Å². The molecule has 3 heteroatoms. The van der Waals surface area contributed by atoms with E-state index in [4.69, 9.17) is 10.5 Å². The number of halogens is 1. The molecule has 0 fully saturated rings. The van der Waals surface area contributed by atoms with Gasteiger partial charge in [-0.3, -0.25) is 0 Å². The Bertz CT molecular complexity index is 276. The van der Waals surface area contributed by atoms with E-state index in [0.29, 0.717) is 24.3 Å². The summed E-state index contributed by atoms with van der Waals surface area (Å²) in [6, 6.07) is 5.19. The van der Waals surface area contributed by atoms with E-state index in [2.05, 4.69) is 0 Å². The predicted molar refractivity (Wildman–Crippen MR) is 49.6 cm³/mol. The third kappa shape index (κ3) is 2.50. The molecule has 2 nitrogen and oxygen atoms in total. The predicted octanol–water partition coefficient (Wildman–Crippen LogP) is 1.82. The Balaban J connectivity index is 2.81. The maximum atomic E-state index is 13.4. The largest absolute Gasteiger partial charge is 0.377 e. The molecule has 1 aromatic rings. The minimum absolute atomic E-state index is 0.228. The van der Waals surface area contributed by atoms with Gasteiger partial charge in [0.25, 0.3) is 0 Å². The molecule has 1 rings (SSSR count). The molecule has 0 heterocycles. The first-order chi connectivity index (χ1) is 6.29. The molecular weight excluding hydrogens is 169 g/mol. The normalized spacial score (nSPS) is 10.4. The number of nitrogens with two attached hydrogens (primary N) is 1. The summed E-state index contributed by atoms with van der Waals surface area (Å²) in [6.07, 6.45) is 0. The molecule has 13 heavy (non-hydrogen) atoms. The second kappa shape index (κ2) is 4.94. The first-order valence-electron chi connectivity index (χ1n) is 4.33. The van der Waals surface area contributed by atoms with Crippen LogP contribution in [0.5, 0.6) is 0 Å². The third-order valence-electron chi connectivity index (χ3n) is 1.84. The minimum atomic E-state index is -0.238. The Morgan fingerprint density at radius 3 is 2.69 bits per heavy atom. The smallest absolute Gasteiger partial charge is 0.133 e. The van der Waals surface area contributed by atoms with Crippen molar-refractivity contribution >= 4 is 0 Å². The molecule has 2 N–H and O–H groups in total. The molecule has 0 atom stereocenters. The van der Waals surface area contributed by atoms with Gasteiger partial charge in [-0.1, -0.05) is 18.2 Å². The monoisotopic (exact) mass is 183 g/mol. The number of benzene rings is 1. The highest BCUT2D eigenvalue weighted by atomic mass is 19.1. The van der Waals surface area contributed by atoms with Crippen molar-refractivity contribution in [3.8, 4) is 0 Å². The quantitative estimate of drug-likeness (QED) is 0.772. The zero-order valence-electron chi connectivity index (χ0n) is 7.72. The van der Waals surface area contributed by atoms with E-state index in [1.807, 2.05) is 6.92 Å². The maximum Gasteiger partial charge on any atom is 0.133 e. The van der Waals surface area contributed by atoms with Crippen LogP contribution in [0.15, 0.2) is 18.2 Å². The Hall–Kier alpha value is -0.930. The molecule has 0 aliphatic rings. The van der Waals surface area contributed by atoms with E-state index in [1.54, 1.807) is 18.2 Å². The van der Waals surface area contributed by atoms with Crippen LogP contribution in [0.3, 0.4) is 0 Å². The zero-order chi connectivity index (χ0) is 9.68. The van der Waals surface area contributed by atoms with Gasteiger partial charge in [0.05, 0.1) is 6.61 Å². The highest BCUT2D eigenvalue weighted by Crippen LogP contribution is 2.13. The fraction of sp³-hybridized carbons (Fsp3) is 0.400. The van der Waals surface area contributed by atoms with Gasteiger partial charge in [-0.05, 0) is 6.92 Å². The average Bonchev–Trinajstić information content (AvgIpc) is 2.16. The molecule has 1 aromatic carbocycles. The van der Waals surface area contributed by atoms with Crippen molar-refractivity contribution in [1.29, 1.82) is 0 Å². The van der Waals surface area contributed by atoms with Crippen molar-refractivity contribution in [2.24, 2.45) is 5.73 Å². The van der Waals surface area contributed by atoms with Crippen molar-refractivity contribution in [2.45, 2.75) is 20.1 Å². The number of rotatable bonds is 4. The molecule has 0 spiro atoms. The van der Waals surface area contributed by atoms with Crippen molar-refractivity contribution in [2.75, 3.05) is 6.61 Å². The number of hydrogen-bond acceptors (Lipinski definition) is 2. The Morgan fingerprint density at radius 1 is 1.38 bits per heavy atom. The lowest BCUT2D eigenvalue weighted by molar-refractivity contribution is 0.131. The third-order valence-corrected chi connectivity index (χ3v) is 1.84. The highest BCUT2D eigenvalue weighted by molar-refractivity contribution is 5.25. The van der Waals surface area contributed by atoms with Gasteiger partial charge in [-0.25, -0.2) is 4.39 Å². The first-order valence-corrected chi connectivity index (χ1v) is 4.33. The van der Waals surface area contributed by atoms with Crippen LogP contribution in [0.4, 0.5) is 4.39 Å². The molecule has 0 saturated heterocycles. The van der Waals surface area contributed by atoms with Gasteiger partial charge < -0.3 is 10.5 Å². The highest BCUT2D eigenvalue weighted by Gasteiger charge is 2.05. The molecule has 72 valence electrons. The van der Waals surface area contributed by atoms with Crippen LogP contribution in [-0.2, 0) is 17.9 Å². The van der Waals surface area contributed by atoms with Gasteiger partial charge in [0.2, 0.25) is 0 Å². The van der Waals surface area contributed by atoms with Gasteiger partial charge in [-0.15, -0.1) is 0 Å². The van der Waals surface area contributed by atoms with Crippen LogP contribution in [0.1, 0.15) is 18.1 Å². The summed E-state index contributed by atoms with van der Waals surface area (Å²) in [5.74, 6) is -0.238. The molecule has 0 unspecified atom stereocenters. The molecular formula is C10H14FNO. The van der Waals surface area contributed by atoms with Crippen LogP contribution < -0.4 is 5.73 Å². The van der Waals surface area contributed by atoms with E-state index in [0.717, 1.165) is 0 Å². The summed E-state index contributed by atoms with van der Waals surface area (Å²) in [4.78, 5) is 0. The van der Waals surface area contributed by atoms with Crippen LogP contribution in [0.25, 0.3) is 0 Å². The zero-order valence-corrected chi connectivity index (χ0v) is 7.72. The van der Waals surface area contributed by atoms with Crippen molar-refractivity contribution in [3.63, 3.8) is 0 Å². The summed E-state index contributed by atoms with van der Waals surface area (Å²) in [6.45, 7) is 3.01. The molecule has 0 aliphatic carbocycles. The molecule has 0 amide bonds. The second-order valence-electron chi connectivity index (χ2n) is 2.73. The van der Waals surface area contributed by atoms with E-state index < -0.39 is 0 Å². The van der Waals surface area contributed by atoms with Crippen LogP contribution in [-0.4, -0.2) is 6.61 Å². The Morgan fingerprint density at radius 2 is 2.08 bits per heavy atom. The summed E-state index contributed by atoms with van der Waals surface area (Å²) in [5.41, 5.74) is 6.48. The maximum absolute atomic E-state index is 13.4. The van der Waals surface area contributed by atoms with Gasteiger partial charge in [0, 0.05) is 24.3 Å². The Labute approximate surface area is 77.5 Å². The fourth-order valence-corrected chi connectivity index (χ4v) is 1.11. The SMILES string of the molecule is CCOCc1cccc(CN)c1F. The lowest BCUT2D eigenvalue weighted by Crippen LogP contribution is -2.03. The first kappa shape index (κ1) is 10.2. The number of hydrogen-bond donors (Lipinski definition) is 1. The van der Waals surface area contributed by atoms with E-state index in [9.17, 15) is 4.39 Å². The molecule has 0 bridgehead atoms. The van der Waals surface area contributed by atoms with Crippen LogP contribution in [0.2, 0.25) is 0 Å². The standard InChI is InChI=1S/C10H14FNO/c1-2-13-7-9-5-3-4-8(6-12)10(9)11/h3-5H,2,6-7,12H2,1H3. The van der Waals surface area contributed by atoms with Crippen molar-refractivity contribution in [1.82, 2.24) is 0 Å². The summed E-state index contributed by atoms with van der Waals surface area (Å²) in [5, 5.41) is 0. The average molecular weight is 183 g/mol. The second-order valence-corrected chi connectivity index (χ2v) is 2.73. The van der Waals surface area contributed by atoms with Crippen LogP contribution in [0, 0.1) is 5.82 Å². The van der Waals surface area contributed by atoms with E-state index in [1.165, 1.54) is 0 Å². The fourth-order valence-electron chi connectivity index (χ4n) is 1.11. The summed E-state index contributed by atoms with van der Waals surface area (Å²) in [7, 11) is 0. The number of ether oxygens (including phenoxy) is 1.